The van der Waals surface area contributed by atoms with Crippen molar-refractivity contribution in [1.29, 1.82) is 0 Å². The molecule has 1 aliphatic heterocycles. The van der Waals surface area contributed by atoms with E-state index in [2.05, 4.69) is 23.7 Å². The van der Waals surface area contributed by atoms with Gasteiger partial charge in [0.05, 0.1) is 0 Å². The van der Waals surface area contributed by atoms with E-state index in [4.69, 9.17) is 0 Å². The van der Waals surface area contributed by atoms with Gasteiger partial charge in [-0.2, -0.15) is 0 Å². The Labute approximate surface area is 69.3 Å². The summed E-state index contributed by atoms with van der Waals surface area (Å²) >= 11 is 0. The fourth-order valence-corrected chi connectivity index (χ4v) is 1.63. The van der Waals surface area contributed by atoms with E-state index in [1.54, 1.807) is 0 Å². The Bertz CT molecular complexity index is 123. The van der Waals surface area contributed by atoms with E-state index >= 15 is 0 Å². The van der Waals surface area contributed by atoms with Crippen molar-refractivity contribution in [1.82, 2.24) is 10.2 Å². The van der Waals surface area contributed by atoms with Crippen molar-refractivity contribution < 1.29 is 0 Å². The van der Waals surface area contributed by atoms with Crippen LogP contribution < -0.4 is 5.32 Å². The second-order valence-corrected chi connectivity index (χ2v) is 3.02. The van der Waals surface area contributed by atoms with Gasteiger partial charge in [0.25, 0.3) is 0 Å². The van der Waals surface area contributed by atoms with Crippen LogP contribution in [0.15, 0.2) is 12.8 Å². The van der Waals surface area contributed by atoms with E-state index in [1.807, 2.05) is 6.20 Å². The highest BCUT2D eigenvalue weighted by Crippen LogP contribution is 2.15. The van der Waals surface area contributed by atoms with Crippen LogP contribution in [0.3, 0.4) is 0 Å². The van der Waals surface area contributed by atoms with Gasteiger partial charge in [0.15, 0.2) is 0 Å². The minimum atomic E-state index is 0.701. The summed E-state index contributed by atoms with van der Waals surface area (Å²) < 4.78 is 0. The van der Waals surface area contributed by atoms with Crippen LogP contribution >= 0.6 is 0 Å². The Morgan fingerprint density at radius 1 is 1.73 bits per heavy atom. The van der Waals surface area contributed by atoms with Gasteiger partial charge in [-0.1, -0.05) is 13.5 Å². The molecule has 1 heterocycles. The summed E-state index contributed by atoms with van der Waals surface area (Å²) in [5.41, 5.74) is 0. The van der Waals surface area contributed by atoms with Crippen LogP contribution in [0.5, 0.6) is 0 Å². The average molecular weight is 154 g/mol. The summed E-state index contributed by atoms with van der Waals surface area (Å²) in [6.07, 6.45) is 4.61. The molecule has 0 aromatic carbocycles. The largest absolute Gasteiger partial charge is 0.374 e. The molecule has 1 aliphatic rings. The molecule has 1 unspecified atom stereocenters. The van der Waals surface area contributed by atoms with E-state index in [-0.39, 0.29) is 0 Å². The highest BCUT2D eigenvalue weighted by Gasteiger charge is 2.19. The predicted octanol–water partition coefficient (Wildman–Crippen LogP) is 1.20. The number of nitrogens with one attached hydrogen (secondary N) is 1. The van der Waals surface area contributed by atoms with Crippen molar-refractivity contribution in [3.63, 3.8) is 0 Å². The molecule has 2 heteroatoms. The number of nitrogens with zero attached hydrogens (tertiary/aromatic N) is 1. The predicted molar refractivity (Wildman–Crippen MR) is 48.5 cm³/mol. The molecule has 64 valence electrons. The Hall–Kier alpha value is -0.500. The molecule has 0 aromatic heterocycles. The first kappa shape index (κ1) is 8.60. The van der Waals surface area contributed by atoms with Crippen molar-refractivity contribution in [2.75, 3.05) is 19.6 Å². The van der Waals surface area contributed by atoms with Crippen molar-refractivity contribution in [2.45, 2.75) is 25.8 Å². The second kappa shape index (κ2) is 4.39. The zero-order chi connectivity index (χ0) is 8.10. The molecule has 0 amide bonds. The van der Waals surface area contributed by atoms with E-state index in [9.17, 15) is 0 Å². The van der Waals surface area contributed by atoms with Gasteiger partial charge in [0.2, 0.25) is 0 Å². The van der Waals surface area contributed by atoms with Crippen molar-refractivity contribution in [2.24, 2.45) is 0 Å². The van der Waals surface area contributed by atoms with Gasteiger partial charge >= 0.3 is 0 Å². The minimum Gasteiger partial charge on any atom is -0.374 e. The lowest BCUT2D eigenvalue weighted by Gasteiger charge is -2.22. The normalized spacial score (nSPS) is 24.1. The van der Waals surface area contributed by atoms with Crippen LogP contribution in [-0.4, -0.2) is 30.6 Å². The zero-order valence-corrected chi connectivity index (χ0v) is 7.34. The smallest absolute Gasteiger partial charge is 0.0409 e. The molecule has 0 aliphatic carbocycles. The van der Waals surface area contributed by atoms with Crippen LogP contribution in [0.25, 0.3) is 0 Å². The van der Waals surface area contributed by atoms with Gasteiger partial charge in [0.1, 0.15) is 0 Å². The lowest BCUT2D eigenvalue weighted by molar-refractivity contribution is 0.339. The molecule has 11 heavy (non-hydrogen) atoms. The lowest BCUT2D eigenvalue weighted by Crippen LogP contribution is -2.34. The Kier molecular flexibility index (Phi) is 3.43. The minimum absolute atomic E-state index is 0.701. The van der Waals surface area contributed by atoms with Crippen molar-refractivity contribution >= 4 is 0 Å². The van der Waals surface area contributed by atoms with Gasteiger partial charge in [0, 0.05) is 19.1 Å². The van der Waals surface area contributed by atoms with Crippen LogP contribution in [0.4, 0.5) is 0 Å². The van der Waals surface area contributed by atoms with Gasteiger partial charge < -0.3 is 10.2 Å². The molecule has 0 aromatic rings. The Morgan fingerprint density at radius 3 is 3.18 bits per heavy atom. The SMILES string of the molecule is C=CN1CCCC1CNCC. The van der Waals surface area contributed by atoms with Crippen molar-refractivity contribution in [3.05, 3.63) is 12.8 Å². The fourth-order valence-electron chi connectivity index (χ4n) is 1.63. The highest BCUT2D eigenvalue weighted by molar-refractivity contribution is 4.86. The third kappa shape index (κ3) is 2.22. The summed E-state index contributed by atoms with van der Waals surface area (Å²) in [6, 6.07) is 0.701. The Morgan fingerprint density at radius 2 is 2.55 bits per heavy atom. The first-order chi connectivity index (χ1) is 5.38. The molecule has 1 fully saturated rings. The average Bonchev–Trinajstić information content (AvgIpc) is 2.47. The maximum absolute atomic E-state index is 3.80. The number of likely N-dealkylation sites (tertiary alicyclic amines) is 1. The summed E-state index contributed by atoms with van der Waals surface area (Å²) in [7, 11) is 0. The number of rotatable bonds is 4. The third-order valence-corrected chi connectivity index (χ3v) is 2.29. The van der Waals surface area contributed by atoms with E-state index in [0.29, 0.717) is 6.04 Å². The van der Waals surface area contributed by atoms with E-state index in [1.165, 1.54) is 19.4 Å². The molecular weight excluding hydrogens is 136 g/mol. The second-order valence-electron chi connectivity index (χ2n) is 3.02. The first-order valence-electron chi connectivity index (χ1n) is 4.47. The molecule has 0 saturated carbocycles. The lowest BCUT2D eigenvalue weighted by atomic mass is 10.2. The van der Waals surface area contributed by atoms with Gasteiger partial charge in [-0.15, -0.1) is 0 Å². The van der Waals surface area contributed by atoms with Gasteiger partial charge in [-0.3, -0.25) is 0 Å². The molecule has 2 nitrogen and oxygen atoms in total. The molecule has 1 N–H and O–H groups in total. The van der Waals surface area contributed by atoms with Crippen LogP contribution in [0, 0.1) is 0 Å². The van der Waals surface area contributed by atoms with Gasteiger partial charge in [-0.05, 0) is 25.6 Å². The van der Waals surface area contributed by atoms with Crippen LogP contribution in [0.2, 0.25) is 0 Å². The summed E-state index contributed by atoms with van der Waals surface area (Å²) in [6.45, 7) is 9.32. The molecule has 0 radical (unpaired) electrons. The van der Waals surface area contributed by atoms with Crippen LogP contribution in [-0.2, 0) is 0 Å². The van der Waals surface area contributed by atoms with E-state index < -0.39 is 0 Å². The van der Waals surface area contributed by atoms with Crippen LogP contribution in [0.1, 0.15) is 19.8 Å². The molecule has 1 saturated heterocycles. The quantitative estimate of drug-likeness (QED) is 0.654. The third-order valence-electron chi connectivity index (χ3n) is 2.29. The maximum Gasteiger partial charge on any atom is 0.0409 e. The first-order valence-corrected chi connectivity index (χ1v) is 4.47. The molecule has 1 atom stereocenters. The molecular formula is C9H18N2. The monoisotopic (exact) mass is 154 g/mol. The highest BCUT2D eigenvalue weighted by atomic mass is 15.2. The number of hydrogen-bond acceptors (Lipinski definition) is 2. The zero-order valence-electron chi connectivity index (χ0n) is 7.34. The van der Waals surface area contributed by atoms with Crippen molar-refractivity contribution in [3.8, 4) is 0 Å². The van der Waals surface area contributed by atoms with Gasteiger partial charge in [-0.25, -0.2) is 0 Å². The number of likely N-dealkylation sites (N-methyl/N-ethyl adjacent to an activating group) is 1. The summed E-state index contributed by atoms with van der Waals surface area (Å²) in [5.74, 6) is 0. The topological polar surface area (TPSA) is 15.3 Å². The molecule has 0 bridgehead atoms. The standard InChI is InChI=1S/C9H18N2/c1-3-10-8-9-6-5-7-11(9)4-2/h4,9-10H,2-3,5-8H2,1H3. The Balaban J connectivity index is 2.25. The summed E-state index contributed by atoms with van der Waals surface area (Å²) in [5, 5.41) is 3.37. The fraction of sp³-hybridized carbons (Fsp3) is 0.778. The molecule has 0 spiro atoms. The summed E-state index contributed by atoms with van der Waals surface area (Å²) in [4.78, 5) is 2.34. The van der Waals surface area contributed by atoms with E-state index in [0.717, 1.165) is 13.1 Å². The molecule has 1 rings (SSSR count). The maximum atomic E-state index is 3.80. The number of hydrogen-bond donors (Lipinski definition) is 1.